The third kappa shape index (κ3) is 3.68. The standard InChI is InChI=1S/C21H21F2N3O2/c22-16-6-7-18(17(23)12-16)26-20(27)13-19(21(26)28)25-10-8-24(9-11-25)14-15-4-2-1-3-5-15/h1-7,12,19H,8-11,13-14H2/p+2/t19-/m0/s1. The number of halogens is 2. The number of benzene rings is 2. The molecule has 2 aliphatic rings. The molecule has 0 bridgehead atoms. The molecule has 146 valence electrons. The molecule has 0 aromatic heterocycles. The Bertz CT molecular complexity index is 882. The van der Waals surface area contributed by atoms with Crippen molar-refractivity contribution in [2.45, 2.75) is 19.0 Å². The number of imide groups is 1. The van der Waals surface area contributed by atoms with Gasteiger partial charge in [-0.1, -0.05) is 30.3 Å². The van der Waals surface area contributed by atoms with E-state index in [4.69, 9.17) is 0 Å². The lowest BCUT2D eigenvalue weighted by Crippen LogP contribution is -3.29. The Morgan fingerprint density at radius 3 is 2.36 bits per heavy atom. The number of carbonyl (C=O) groups excluding carboxylic acids is 2. The fraction of sp³-hybridized carbons (Fsp3) is 0.333. The molecule has 7 heteroatoms. The smallest absolute Gasteiger partial charge is 0.292 e. The van der Waals surface area contributed by atoms with E-state index in [1.165, 1.54) is 10.5 Å². The van der Waals surface area contributed by atoms with Crippen LogP contribution in [-0.4, -0.2) is 44.0 Å². The van der Waals surface area contributed by atoms with Gasteiger partial charge < -0.3 is 9.80 Å². The largest absolute Gasteiger partial charge is 0.322 e. The van der Waals surface area contributed by atoms with Crippen molar-refractivity contribution >= 4 is 17.5 Å². The van der Waals surface area contributed by atoms with Gasteiger partial charge in [-0.25, -0.2) is 13.7 Å². The first kappa shape index (κ1) is 18.7. The summed E-state index contributed by atoms with van der Waals surface area (Å²) in [6, 6.07) is 12.7. The number of quaternary nitrogens is 2. The van der Waals surface area contributed by atoms with Gasteiger partial charge in [-0.3, -0.25) is 9.59 Å². The first-order valence-electron chi connectivity index (χ1n) is 9.57. The van der Waals surface area contributed by atoms with E-state index >= 15 is 0 Å². The number of carbonyl (C=O) groups is 2. The fourth-order valence-electron chi connectivity index (χ4n) is 4.20. The summed E-state index contributed by atoms with van der Waals surface area (Å²) in [4.78, 5) is 28.7. The summed E-state index contributed by atoms with van der Waals surface area (Å²) in [5.41, 5.74) is 1.12. The quantitative estimate of drug-likeness (QED) is 0.701. The maximum absolute atomic E-state index is 14.1. The summed E-state index contributed by atoms with van der Waals surface area (Å²) in [6.07, 6.45) is 0.0685. The zero-order valence-electron chi connectivity index (χ0n) is 15.5. The molecular weight excluding hydrogens is 364 g/mol. The second-order valence-electron chi connectivity index (χ2n) is 7.49. The minimum atomic E-state index is -0.894. The Labute approximate surface area is 162 Å². The molecule has 1 atom stereocenters. The van der Waals surface area contributed by atoms with Crippen molar-refractivity contribution in [1.29, 1.82) is 0 Å². The molecule has 2 aromatic rings. The van der Waals surface area contributed by atoms with Crippen molar-refractivity contribution in [3.8, 4) is 0 Å². The zero-order valence-corrected chi connectivity index (χ0v) is 15.5. The molecule has 2 fully saturated rings. The van der Waals surface area contributed by atoms with Crippen LogP contribution in [0.15, 0.2) is 48.5 Å². The van der Waals surface area contributed by atoms with Crippen LogP contribution in [0, 0.1) is 11.6 Å². The molecule has 2 aliphatic heterocycles. The fourth-order valence-corrected chi connectivity index (χ4v) is 4.20. The molecule has 0 saturated carbocycles. The number of nitrogens with zero attached hydrogens (tertiary/aromatic N) is 1. The zero-order chi connectivity index (χ0) is 19.7. The third-order valence-electron chi connectivity index (χ3n) is 5.69. The van der Waals surface area contributed by atoms with Gasteiger partial charge in [-0.15, -0.1) is 0 Å². The number of hydrogen-bond acceptors (Lipinski definition) is 2. The molecule has 2 saturated heterocycles. The van der Waals surface area contributed by atoms with Crippen LogP contribution >= 0.6 is 0 Å². The van der Waals surface area contributed by atoms with E-state index in [1.54, 1.807) is 0 Å². The monoisotopic (exact) mass is 387 g/mol. The number of hydrogen-bond donors (Lipinski definition) is 2. The van der Waals surface area contributed by atoms with Crippen molar-refractivity contribution in [2.75, 3.05) is 31.1 Å². The summed E-state index contributed by atoms with van der Waals surface area (Å²) < 4.78 is 27.2. The Kier molecular flexibility index (Phi) is 5.19. The first-order valence-corrected chi connectivity index (χ1v) is 9.57. The van der Waals surface area contributed by atoms with Crippen LogP contribution in [0.1, 0.15) is 12.0 Å². The predicted octanol–water partition coefficient (Wildman–Crippen LogP) is -0.420. The normalized spacial score (nSPS) is 25.4. The minimum Gasteiger partial charge on any atom is -0.322 e. The van der Waals surface area contributed by atoms with Crippen molar-refractivity contribution in [3.05, 3.63) is 65.7 Å². The summed E-state index contributed by atoms with van der Waals surface area (Å²) in [7, 11) is 0. The average Bonchev–Trinajstić information content (AvgIpc) is 2.98. The number of amides is 2. The number of anilines is 1. The molecule has 4 rings (SSSR count). The van der Waals surface area contributed by atoms with E-state index < -0.39 is 29.5 Å². The lowest BCUT2D eigenvalue weighted by atomic mass is 10.1. The molecule has 0 spiro atoms. The van der Waals surface area contributed by atoms with Gasteiger partial charge in [0.25, 0.3) is 5.91 Å². The molecule has 0 unspecified atom stereocenters. The van der Waals surface area contributed by atoms with Crippen LogP contribution in [0.5, 0.6) is 0 Å². The van der Waals surface area contributed by atoms with E-state index in [1.807, 2.05) is 18.2 Å². The van der Waals surface area contributed by atoms with E-state index in [0.717, 1.165) is 54.7 Å². The van der Waals surface area contributed by atoms with Crippen LogP contribution in [-0.2, 0) is 16.1 Å². The van der Waals surface area contributed by atoms with E-state index in [0.29, 0.717) is 6.07 Å². The van der Waals surface area contributed by atoms with Crippen molar-refractivity contribution in [3.63, 3.8) is 0 Å². The van der Waals surface area contributed by atoms with Crippen molar-refractivity contribution in [1.82, 2.24) is 0 Å². The molecule has 2 aromatic carbocycles. The van der Waals surface area contributed by atoms with Crippen LogP contribution in [0.4, 0.5) is 14.5 Å². The van der Waals surface area contributed by atoms with Crippen LogP contribution < -0.4 is 14.7 Å². The van der Waals surface area contributed by atoms with Gasteiger partial charge in [-0.2, -0.15) is 0 Å². The lowest BCUT2D eigenvalue weighted by molar-refractivity contribution is -1.02. The van der Waals surface area contributed by atoms with E-state index in [9.17, 15) is 18.4 Å². The summed E-state index contributed by atoms with van der Waals surface area (Å²) in [5, 5.41) is 0. The van der Waals surface area contributed by atoms with Gasteiger partial charge in [0, 0.05) is 11.6 Å². The SMILES string of the molecule is O=C1C[C@H]([NH+]2CC[NH+](Cc3ccccc3)CC2)C(=O)N1c1ccc(F)cc1F. The molecule has 0 aliphatic carbocycles. The Morgan fingerprint density at radius 2 is 1.68 bits per heavy atom. The van der Waals surface area contributed by atoms with Gasteiger partial charge >= 0.3 is 0 Å². The maximum Gasteiger partial charge on any atom is 0.292 e. The maximum atomic E-state index is 14.1. The minimum absolute atomic E-state index is 0.0685. The summed E-state index contributed by atoms with van der Waals surface area (Å²) in [5.74, 6) is -2.45. The molecule has 28 heavy (non-hydrogen) atoms. The second kappa shape index (κ2) is 7.77. The highest BCUT2D eigenvalue weighted by Crippen LogP contribution is 2.25. The molecule has 2 heterocycles. The Hall–Kier alpha value is -2.64. The Balaban J connectivity index is 1.41. The van der Waals surface area contributed by atoms with Crippen LogP contribution in [0.3, 0.4) is 0 Å². The Morgan fingerprint density at radius 1 is 0.964 bits per heavy atom. The summed E-state index contributed by atoms with van der Waals surface area (Å²) in [6.45, 7) is 4.33. The topological polar surface area (TPSA) is 46.3 Å². The lowest BCUT2D eigenvalue weighted by Gasteiger charge is -2.32. The molecule has 5 nitrogen and oxygen atoms in total. The van der Waals surface area contributed by atoms with Gasteiger partial charge in [0.05, 0.1) is 12.1 Å². The highest BCUT2D eigenvalue weighted by atomic mass is 19.1. The highest BCUT2D eigenvalue weighted by molar-refractivity contribution is 6.21. The van der Waals surface area contributed by atoms with Gasteiger partial charge in [0.2, 0.25) is 5.91 Å². The van der Waals surface area contributed by atoms with E-state index in [-0.39, 0.29) is 12.1 Å². The molecule has 0 radical (unpaired) electrons. The van der Waals surface area contributed by atoms with Gasteiger partial charge in [-0.05, 0) is 12.1 Å². The van der Waals surface area contributed by atoms with Crippen molar-refractivity contribution < 1.29 is 28.2 Å². The average molecular weight is 387 g/mol. The summed E-state index contributed by atoms with van der Waals surface area (Å²) >= 11 is 0. The second-order valence-corrected chi connectivity index (χ2v) is 7.49. The van der Waals surface area contributed by atoms with Crippen LogP contribution in [0.25, 0.3) is 0 Å². The highest BCUT2D eigenvalue weighted by Gasteiger charge is 2.47. The number of rotatable bonds is 4. The number of nitrogens with one attached hydrogen (secondary N) is 2. The van der Waals surface area contributed by atoms with Crippen LogP contribution in [0.2, 0.25) is 0 Å². The number of piperazine rings is 1. The molecule has 2 N–H and O–H groups in total. The third-order valence-corrected chi connectivity index (χ3v) is 5.69. The molecular formula is C21H23F2N3O2+2. The van der Waals surface area contributed by atoms with E-state index in [2.05, 4.69) is 12.1 Å². The predicted molar refractivity (Wildman–Crippen MR) is 98.8 cm³/mol. The van der Waals surface area contributed by atoms with Gasteiger partial charge in [0.1, 0.15) is 44.4 Å². The molecule has 2 amide bonds. The first-order chi connectivity index (χ1) is 13.5. The van der Waals surface area contributed by atoms with Crippen molar-refractivity contribution in [2.24, 2.45) is 0 Å². The van der Waals surface area contributed by atoms with Gasteiger partial charge in [0.15, 0.2) is 6.04 Å².